The Balaban J connectivity index is 2.56. The van der Waals surface area contributed by atoms with E-state index >= 15 is 0 Å². The van der Waals surface area contributed by atoms with E-state index in [1.165, 1.54) is 0 Å². The summed E-state index contributed by atoms with van der Waals surface area (Å²) in [6.45, 7) is 0.377. The molecular formula is C12H12N2O. The highest BCUT2D eigenvalue weighted by atomic mass is 16.1. The van der Waals surface area contributed by atoms with Crippen LogP contribution in [0, 0.1) is 0 Å². The van der Waals surface area contributed by atoms with Crippen LogP contribution in [0.15, 0.2) is 36.5 Å². The number of rotatable bonds is 3. The van der Waals surface area contributed by atoms with E-state index in [9.17, 15) is 4.79 Å². The fourth-order valence-corrected chi connectivity index (χ4v) is 1.59. The first-order valence-electron chi connectivity index (χ1n) is 4.90. The standard InChI is InChI=1S/C12H12N2O/c13-7-6-11(15)10-5-1-3-9-4-2-8-14-12(9)10/h1-5,8H,6-7,13H2. The highest BCUT2D eigenvalue weighted by Gasteiger charge is 2.09. The molecule has 0 radical (unpaired) electrons. The highest BCUT2D eigenvalue weighted by molar-refractivity contribution is 6.06. The topological polar surface area (TPSA) is 56.0 Å². The number of carbonyl (C=O) groups excluding carboxylic acids is 1. The molecule has 0 saturated heterocycles. The van der Waals surface area contributed by atoms with Gasteiger partial charge in [-0.15, -0.1) is 0 Å². The molecule has 2 aromatic rings. The molecule has 0 saturated carbocycles. The first-order chi connectivity index (χ1) is 7.33. The normalized spacial score (nSPS) is 10.5. The number of benzene rings is 1. The number of Topliss-reactive ketones (excluding diaryl/α,β-unsaturated/α-hetero) is 1. The second kappa shape index (κ2) is 4.19. The zero-order chi connectivity index (χ0) is 10.7. The van der Waals surface area contributed by atoms with E-state index in [1.54, 1.807) is 12.3 Å². The third kappa shape index (κ3) is 1.87. The Kier molecular flexibility index (Phi) is 2.74. The molecule has 0 spiro atoms. The second-order valence-electron chi connectivity index (χ2n) is 3.34. The predicted molar refractivity (Wildman–Crippen MR) is 59.7 cm³/mol. The smallest absolute Gasteiger partial charge is 0.166 e. The SMILES string of the molecule is NCCC(=O)c1cccc2cccnc12. The van der Waals surface area contributed by atoms with E-state index in [2.05, 4.69) is 4.98 Å². The number of nitrogens with zero attached hydrogens (tertiary/aromatic N) is 1. The minimum absolute atomic E-state index is 0.0572. The number of hydrogen-bond acceptors (Lipinski definition) is 3. The minimum Gasteiger partial charge on any atom is -0.330 e. The molecule has 3 nitrogen and oxygen atoms in total. The van der Waals surface area contributed by atoms with Crippen LogP contribution in [0.3, 0.4) is 0 Å². The van der Waals surface area contributed by atoms with Gasteiger partial charge in [0.1, 0.15) is 0 Å². The number of hydrogen-bond donors (Lipinski definition) is 1. The summed E-state index contributed by atoms with van der Waals surface area (Å²) in [7, 11) is 0. The van der Waals surface area contributed by atoms with Crippen molar-refractivity contribution in [2.75, 3.05) is 6.54 Å². The lowest BCUT2D eigenvalue weighted by Gasteiger charge is -2.03. The van der Waals surface area contributed by atoms with Gasteiger partial charge in [-0.05, 0) is 18.7 Å². The molecule has 1 aromatic carbocycles. The Bertz CT molecular complexity index is 488. The summed E-state index contributed by atoms with van der Waals surface area (Å²) in [5.41, 5.74) is 6.80. The molecule has 0 amide bonds. The zero-order valence-corrected chi connectivity index (χ0v) is 8.31. The second-order valence-corrected chi connectivity index (χ2v) is 3.34. The van der Waals surface area contributed by atoms with E-state index < -0.39 is 0 Å². The van der Waals surface area contributed by atoms with E-state index in [0.29, 0.717) is 18.5 Å². The van der Waals surface area contributed by atoms with Gasteiger partial charge < -0.3 is 5.73 Å². The molecule has 76 valence electrons. The van der Waals surface area contributed by atoms with Crippen LogP contribution in [0.2, 0.25) is 0 Å². The Morgan fingerprint density at radius 3 is 2.87 bits per heavy atom. The molecule has 15 heavy (non-hydrogen) atoms. The largest absolute Gasteiger partial charge is 0.330 e. The minimum atomic E-state index is 0.0572. The maximum Gasteiger partial charge on any atom is 0.166 e. The molecule has 0 aliphatic heterocycles. The summed E-state index contributed by atoms with van der Waals surface area (Å²) >= 11 is 0. The lowest BCUT2D eigenvalue weighted by molar-refractivity contribution is 0.0987. The average molecular weight is 200 g/mol. The molecule has 3 heteroatoms. The van der Waals surface area contributed by atoms with Crippen LogP contribution < -0.4 is 5.73 Å². The van der Waals surface area contributed by atoms with E-state index in [0.717, 1.165) is 10.9 Å². The van der Waals surface area contributed by atoms with Crippen LogP contribution in [-0.4, -0.2) is 17.3 Å². The highest BCUT2D eigenvalue weighted by Crippen LogP contribution is 2.16. The summed E-state index contributed by atoms with van der Waals surface area (Å²) in [5.74, 6) is 0.0572. The van der Waals surface area contributed by atoms with Crippen LogP contribution >= 0.6 is 0 Å². The quantitative estimate of drug-likeness (QED) is 0.768. The lowest BCUT2D eigenvalue weighted by Crippen LogP contribution is -2.08. The predicted octanol–water partition coefficient (Wildman–Crippen LogP) is 1.77. The van der Waals surface area contributed by atoms with Gasteiger partial charge in [-0.3, -0.25) is 9.78 Å². The fourth-order valence-electron chi connectivity index (χ4n) is 1.59. The van der Waals surface area contributed by atoms with Gasteiger partial charge in [-0.1, -0.05) is 18.2 Å². The molecule has 0 fully saturated rings. The molecule has 0 atom stereocenters. The fraction of sp³-hybridized carbons (Fsp3) is 0.167. The summed E-state index contributed by atoms with van der Waals surface area (Å²) in [5, 5.41) is 0.986. The number of nitrogens with two attached hydrogens (primary N) is 1. The maximum atomic E-state index is 11.7. The average Bonchev–Trinajstić information content (AvgIpc) is 2.28. The Morgan fingerprint density at radius 2 is 2.07 bits per heavy atom. The van der Waals surface area contributed by atoms with Crippen LogP contribution in [0.1, 0.15) is 16.8 Å². The van der Waals surface area contributed by atoms with Gasteiger partial charge in [-0.25, -0.2) is 0 Å². The molecule has 2 rings (SSSR count). The summed E-state index contributed by atoms with van der Waals surface area (Å²) in [6, 6.07) is 9.42. The van der Waals surface area contributed by atoms with Gasteiger partial charge in [0.15, 0.2) is 5.78 Å². The van der Waals surface area contributed by atoms with E-state index in [1.807, 2.05) is 24.3 Å². The first kappa shape index (κ1) is 9.80. The Morgan fingerprint density at radius 1 is 1.27 bits per heavy atom. The molecule has 1 aromatic heterocycles. The van der Waals surface area contributed by atoms with Crippen molar-refractivity contribution >= 4 is 16.7 Å². The van der Waals surface area contributed by atoms with Crippen molar-refractivity contribution in [3.63, 3.8) is 0 Å². The third-order valence-corrected chi connectivity index (χ3v) is 2.30. The maximum absolute atomic E-state index is 11.7. The van der Waals surface area contributed by atoms with Crippen LogP contribution in [-0.2, 0) is 0 Å². The van der Waals surface area contributed by atoms with Crippen molar-refractivity contribution in [3.8, 4) is 0 Å². The van der Waals surface area contributed by atoms with Crippen molar-refractivity contribution in [3.05, 3.63) is 42.1 Å². The van der Waals surface area contributed by atoms with Crippen molar-refractivity contribution in [1.82, 2.24) is 4.98 Å². The summed E-state index contributed by atoms with van der Waals surface area (Å²) < 4.78 is 0. The number of para-hydroxylation sites is 1. The number of carbonyl (C=O) groups is 1. The van der Waals surface area contributed by atoms with Gasteiger partial charge in [0.05, 0.1) is 5.52 Å². The first-order valence-corrected chi connectivity index (χ1v) is 4.90. The lowest BCUT2D eigenvalue weighted by atomic mass is 10.0. The van der Waals surface area contributed by atoms with Gasteiger partial charge in [0.25, 0.3) is 0 Å². The number of ketones is 1. The van der Waals surface area contributed by atoms with Gasteiger partial charge in [0.2, 0.25) is 0 Å². The van der Waals surface area contributed by atoms with Crippen LogP contribution in [0.5, 0.6) is 0 Å². The van der Waals surface area contributed by atoms with Gasteiger partial charge in [0, 0.05) is 23.6 Å². The monoisotopic (exact) mass is 200 g/mol. The third-order valence-electron chi connectivity index (χ3n) is 2.30. The van der Waals surface area contributed by atoms with Crippen molar-refractivity contribution in [2.45, 2.75) is 6.42 Å². The number of pyridine rings is 1. The summed E-state index contributed by atoms with van der Waals surface area (Å²) in [4.78, 5) is 16.0. The van der Waals surface area contributed by atoms with E-state index in [-0.39, 0.29) is 5.78 Å². The zero-order valence-electron chi connectivity index (χ0n) is 8.31. The van der Waals surface area contributed by atoms with Gasteiger partial charge >= 0.3 is 0 Å². The Labute approximate surface area is 87.9 Å². The van der Waals surface area contributed by atoms with Crippen molar-refractivity contribution in [2.24, 2.45) is 5.73 Å². The molecule has 0 unspecified atom stereocenters. The molecule has 2 N–H and O–H groups in total. The van der Waals surface area contributed by atoms with Crippen molar-refractivity contribution in [1.29, 1.82) is 0 Å². The molecular weight excluding hydrogens is 188 g/mol. The number of aromatic nitrogens is 1. The van der Waals surface area contributed by atoms with Crippen LogP contribution in [0.25, 0.3) is 10.9 Å². The van der Waals surface area contributed by atoms with Crippen LogP contribution in [0.4, 0.5) is 0 Å². The molecule has 0 aliphatic rings. The van der Waals surface area contributed by atoms with Gasteiger partial charge in [-0.2, -0.15) is 0 Å². The van der Waals surface area contributed by atoms with Crippen molar-refractivity contribution < 1.29 is 4.79 Å². The summed E-state index contributed by atoms with van der Waals surface area (Å²) in [6.07, 6.45) is 2.07. The molecule has 0 bridgehead atoms. The number of fused-ring (bicyclic) bond motifs is 1. The Hall–Kier alpha value is -1.74. The molecule has 0 aliphatic carbocycles. The van der Waals surface area contributed by atoms with E-state index in [4.69, 9.17) is 5.73 Å². The molecule has 1 heterocycles.